The highest BCUT2D eigenvalue weighted by molar-refractivity contribution is 5.64. The lowest BCUT2D eigenvalue weighted by atomic mass is 9.84. The van der Waals surface area contributed by atoms with Gasteiger partial charge < -0.3 is 9.42 Å². The lowest BCUT2D eigenvalue weighted by Crippen LogP contribution is -2.40. The van der Waals surface area contributed by atoms with Crippen molar-refractivity contribution in [3.05, 3.63) is 59.7 Å². The molecule has 0 amide bonds. The summed E-state index contributed by atoms with van der Waals surface area (Å²) in [5.41, 5.74) is 4.91. The van der Waals surface area contributed by atoms with E-state index in [1.807, 2.05) is 30.3 Å². The molecule has 4 nitrogen and oxygen atoms in total. The minimum atomic E-state index is 0.602. The first-order chi connectivity index (χ1) is 13.8. The van der Waals surface area contributed by atoms with Gasteiger partial charge in [-0.25, -0.2) is 0 Å². The Balaban J connectivity index is 1.64. The van der Waals surface area contributed by atoms with Gasteiger partial charge in [-0.05, 0) is 62.4 Å². The van der Waals surface area contributed by atoms with Gasteiger partial charge in [0.1, 0.15) is 0 Å². The molecule has 1 aliphatic rings. The summed E-state index contributed by atoms with van der Waals surface area (Å²) in [5.74, 6) is 1.29. The molecule has 1 atom stereocenters. The Kier molecular flexibility index (Phi) is 5.87. The zero-order valence-electron chi connectivity index (χ0n) is 16.9. The lowest BCUT2D eigenvalue weighted by Gasteiger charge is -2.35. The molecule has 4 rings (SSSR count). The molecule has 2 aromatic carbocycles. The van der Waals surface area contributed by atoms with Crippen molar-refractivity contribution < 1.29 is 4.52 Å². The van der Waals surface area contributed by atoms with Crippen LogP contribution in [0.15, 0.2) is 53.1 Å². The zero-order chi connectivity index (χ0) is 19.3. The average Bonchev–Trinajstić information content (AvgIpc) is 3.23. The maximum atomic E-state index is 5.69. The first-order valence-electron chi connectivity index (χ1n) is 10.5. The molecular weight excluding hydrogens is 346 g/mol. The predicted octanol–water partition coefficient (Wildman–Crippen LogP) is 5.38. The first kappa shape index (κ1) is 18.9. The van der Waals surface area contributed by atoms with E-state index >= 15 is 0 Å². The van der Waals surface area contributed by atoms with Crippen LogP contribution in [0.4, 0.5) is 0 Å². The monoisotopic (exact) mass is 375 g/mol. The number of rotatable bonds is 7. The van der Waals surface area contributed by atoms with E-state index in [2.05, 4.69) is 42.1 Å². The Hall–Kier alpha value is -2.46. The van der Waals surface area contributed by atoms with Crippen LogP contribution in [0.5, 0.6) is 0 Å². The highest BCUT2D eigenvalue weighted by Crippen LogP contribution is 2.33. The lowest BCUT2D eigenvalue weighted by molar-refractivity contribution is 0.180. The van der Waals surface area contributed by atoms with Crippen LogP contribution >= 0.6 is 0 Å². The van der Waals surface area contributed by atoms with Gasteiger partial charge in [0, 0.05) is 17.2 Å². The first-order valence-corrected chi connectivity index (χ1v) is 10.5. The van der Waals surface area contributed by atoms with Crippen LogP contribution in [0, 0.1) is 0 Å². The van der Waals surface area contributed by atoms with Crippen molar-refractivity contribution in [1.82, 2.24) is 15.0 Å². The minimum absolute atomic E-state index is 0.602. The van der Waals surface area contributed by atoms with Crippen molar-refractivity contribution in [1.29, 1.82) is 0 Å². The fourth-order valence-electron chi connectivity index (χ4n) is 4.37. The molecule has 0 bridgehead atoms. The van der Waals surface area contributed by atoms with E-state index in [-0.39, 0.29) is 0 Å². The molecular formula is C24H29N3O. The third-order valence-electron chi connectivity index (χ3n) is 5.69. The molecule has 0 spiro atoms. The van der Waals surface area contributed by atoms with Crippen LogP contribution in [0.3, 0.4) is 0 Å². The van der Waals surface area contributed by atoms with Gasteiger partial charge in [0.25, 0.3) is 5.89 Å². The Morgan fingerprint density at radius 2 is 1.79 bits per heavy atom. The van der Waals surface area contributed by atoms with E-state index in [0.717, 1.165) is 24.0 Å². The molecule has 3 aromatic rings. The normalized spacial score (nSPS) is 16.3. The third kappa shape index (κ3) is 3.88. The number of hydrogen-bond acceptors (Lipinski definition) is 4. The van der Waals surface area contributed by atoms with Crippen molar-refractivity contribution >= 4 is 0 Å². The summed E-state index contributed by atoms with van der Waals surface area (Å²) in [6.45, 7) is 6.90. The molecule has 1 heterocycles. The molecule has 0 radical (unpaired) electrons. The van der Waals surface area contributed by atoms with Crippen molar-refractivity contribution in [3.63, 3.8) is 0 Å². The maximum Gasteiger partial charge on any atom is 0.258 e. The van der Waals surface area contributed by atoms with Crippen molar-refractivity contribution in [3.8, 4) is 22.8 Å². The average molecular weight is 376 g/mol. The van der Waals surface area contributed by atoms with E-state index in [4.69, 9.17) is 9.51 Å². The largest absolute Gasteiger partial charge is 0.334 e. The third-order valence-corrected chi connectivity index (χ3v) is 5.69. The number of fused-ring (bicyclic) bond motifs is 1. The standard InChI is InChI=1S/C24H29N3O/c1-3-15-27(16-4-2)20-14-13-18-11-8-12-21(22(18)17-20)24-25-23(26-28-24)19-9-6-5-7-10-19/h5-12,20H,3-4,13-17H2,1-2H3. The number of nitrogens with zero attached hydrogens (tertiary/aromatic N) is 3. The van der Waals surface area contributed by atoms with E-state index in [0.29, 0.717) is 17.8 Å². The number of aromatic nitrogens is 2. The molecule has 1 aromatic heterocycles. The highest BCUT2D eigenvalue weighted by atomic mass is 16.5. The summed E-state index contributed by atoms with van der Waals surface area (Å²) in [6.07, 6.45) is 5.83. The second-order valence-electron chi connectivity index (χ2n) is 7.67. The van der Waals surface area contributed by atoms with Gasteiger partial charge in [0.05, 0.1) is 0 Å². The van der Waals surface area contributed by atoms with E-state index in [1.54, 1.807) is 0 Å². The van der Waals surface area contributed by atoms with Crippen LogP contribution in [0.1, 0.15) is 44.2 Å². The minimum Gasteiger partial charge on any atom is -0.334 e. The number of benzene rings is 2. The van der Waals surface area contributed by atoms with Crippen molar-refractivity contribution in [2.75, 3.05) is 13.1 Å². The summed E-state index contributed by atoms with van der Waals surface area (Å²) < 4.78 is 5.69. The van der Waals surface area contributed by atoms with Crippen LogP contribution < -0.4 is 0 Å². The molecule has 1 aliphatic carbocycles. The Morgan fingerprint density at radius 3 is 2.54 bits per heavy atom. The van der Waals surface area contributed by atoms with E-state index in [1.165, 1.54) is 43.5 Å². The van der Waals surface area contributed by atoms with Crippen molar-refractivity contribution in [2.24, 2.45) is 0 Å². The molecule has 0 saturated heterocycles. The SMILES string of the molecule is CCCN(CCC)C1CCc2cccc(-c3nc(-c4ccccc4)no3)c2C1. The Bertz CT molecular complexity index is 897. The zero-order valence-corrected chi connectivity index (χ0v) is 16.9. The van der Waals surface area contributed by atoms with Gasteiger partial charge in [0.15, 0.2) is 0 Å². The fourth-order valence-corrected chi connectivity index (χ4v) is 4.37. The molecule has 0 aliphatic heterocycles. The van der Waals surface area contributed by atoms with E-state index < -0.39 is 0 Å². The summed E-state index contributed by atoms with van der Waals surface area (Å²) in [7, 11) is 0. The van der Waals surface area contributed by atoms with Gasteiger partial charge >= 0.3 is 0 Å². The van der Waals surface area contributed by atoms with Crippen LogP contribution in [-0.2, 0) is 12.8 Å². The molecule has 0 N–H and O–H groups in total. The van der Waals surface area contributed by atoms with Crippen LogP contribution in [0.25, 0.3) is 22.8 Å². The van der Waals surface area contributed by atoms with Gasteiger partial charge in [-0.2, -0.15) is 4.98 Å². The van der Waals surface area contributed by atoms with Gasteiger partial charge in [-0.15, -0.1) is 0 Å². The highest BCUT2D eigenvalue weighted by Gasteiger charge is 2.27. The summed E-state index contributed by atoms with van der Waals surface area (Å²) >= 11 is 0. The molecule has 0 saturated carbocycles. The summed E-state index contributed by atoms with van der Waals surface area (Å²) in [6, 6.07) is 17.1. The molecule has 146 valence electrons. The smallest absolute Gasteiger partial charge is 0.258 e. The second-order valence-corrected chi connectivity index (χ2v) is 7.67. The van der Waals surface area contributed by atoms with E-state index in [9.17, 15) is 0 Å². The van der Waals surface area contributed by atoms with Gasteiger partial charge in [-0.1, -0.05) is 61.5 Å². The number of aryl methyl sites for hydroxylation is 1. The predicted molar refractivity (Wildman–Crippen MR) is 113 cm³/mol. The fraction of sp³-hybridized carbons (Fsp3) is 0.417. The second kappa shape index (κ2) is 8.70. The Labute approximate surface area is 167 Å². The molecule has 28 heavy (non-hydrogen) atoms. The molecule has 1 unspecified atom stereocenters. The van der Waals surface area contributed by atoms with Gasteiger partial charge in [0.2, 0.25) is 5.82 Å². The van der Waals surface area contributed by atoms with Crippen LogP contribution in [-0.4, -0.2) is 34.2 Å². The maximum absolute atomic E-state index is 5.69. The summed E-state index contributed by atoms with van der Waals surface area (Å²) in [5, 5.41) is 4.23. The molecule has 0 fully saturated rings. The van der Waals surface area contributed by atoms with Gasteiger partial charge in [-0.3, -0.25) is 0 Å². The summed E-state index contributed by atoms with van der Waals surface area (Å²) in [4.78, 5) is 7.38. The quantitative estimate of drug-likeness (QED) is 0.556. The van der Waals surface area contributed by atoms with Crippen LogP contribution in [0.2, 0.25) is 0 Å². The Morgan fingerprint density at radius 1 is 1.00 bits per heavy atom. The van der Waals surface area contributed by atoms with Crippen molar-refractivity contribution in [2.45, 2.75) is 52.0 Å². The number of hydrogen-bond donors (Lipinski definition) is 0. The molecule has 4 heteroatoms. The topological polar surface area (TPSA) is 42.2 Å².